The number of nitrogens with zero attached hydrogens (tertiary/aromatic N) is 3. The fourth-order valence-electron chi connectivity index (χ4n) is 2.11. The van der Waals surface area contributed by atoms with E-state index in [1.807, 2.05) is 0 Å². The van der Waals surface area contributed by atoms with Crippen LogP contribution in [0.4, 0.5) is 25.1 Å². The van der Waals surface area contributed by atoms with Crippen LogP contribution in [-0.2, 0) is 13.6 Å². The zero-order chi connectivity index (χ0) is 18.3. The van der Waals surface area contributed by atoms with Crippen LogP contribution in [0, 0.1) is 0 Å². The number of alkyl halides is 3. The van der Waals surface area contributed by atoms with E-state index in [2.05, 4.69) is 20.7 Å². The van der Waals surface area contributed by atoms with Crippen molar-refractivity contribution in [2.24, 2.45) is 7.05 Å². The molecule has 0 spiro atoms. The number of ether oxygens (including phenoxy) is 1. The molecule has 0 saturated carbocycles. The Labute approximate surface area is 143 Å². The van der Waals surface area contributed by atoms with Crippen molar-refractivity contribution in [1.29, 1.82) is 0 Å². The van der Waals surface area contributed by atoms with Gasteiger partial charge in [0, 0.05) is 20.1 Å². The van der Waals surface area contributed by atoms with Gasteiger partial charge in [0.25, 0.3) is 0 Å². The molecule has 25 heavy (non-hydrogen) atoms. The van der Waals surface area contributed by atoms with E-state index in [0.717, 1.165) is 5.56 Å². The van der Waals surface area contributed by atoms with Crippen molar-refractivity contribution in [3.63, 3.8) is 0 Å². The number of halogens is 3. The normalized spacial score (nSPS) is 11.5. The molecule has 0 amide bonds. The lowest BCUT2D eigenvalue weighted by atomic mass is 10.2. The molecule has 2 aromatic rings. The van der Waals surface area contributed by atoms with E-state index >= 15 is 0 Å². The third-order valence-electron chi connectivity index (χ3n) is 3.21. The molecule has 0 atom stereocenters. The Morgan fingerprint density at radius 1 is 1.32 bits per heavy atom. The van der Waals surface area contributed by atoms with Gasteiger partial charge in [-0.1, -0.05) is 12.1 Å². The van der Waals surface area contributed by atoms with Gasteiger partial charge in [-0.3, -0.25) is 0 Å². The summed E-state index contributed by atoms with van der Waals surface area (Å²) in [6, 6.07) is 6.99. The molecule has 2 rings (SSSR count). The molecule has 0 radical (unpaired) electrons. The number of nitrogens with two attached hydrogens (primary N) is 1. The lowest BCUT2D eigenvalue weighted by Crippen LogP contribution is -2.28. The highest BCUT2D eigenvalue weighted by Gasteiger charge is 2.26. The second-order valence-corrected chi connectivity index (χ2v) is 5.41. The number of rotatable bonds is 9. The SMILES string of the molecule is Cn1nc(N)nc1NCCCOc1cccc(CNCC(F)(F)F)c1. The van der Waals surface area contributed by atoms with E-state index in [9.17, 15) is 13.2 Å². The molecule has 0 fully saturated rings. The number of benzene rings is 1. The highest BCUT2D eigenvalue weighted by Crippen LogP contribution is 2.15. The lowest BCUT2D eigenvalue weighted by Gasteiger charge is -2.10. The van der Waals surface area contributed by atoms with Crippen LogP contribution >= 0.6 is 0 Å². The van der Waals surface area contributed by atoms with Crippen molar-refractivity contribution in [1.82, 2.24) is 20.1 Å². The van der Waals surface area contributed by atoms with E-state index in [0.29, 0.717) is 31.3 Å². The maximum atomic E-state index is 12.1. The van der Waals surface area contributed by atoms with E-state index in [-0.39, 0.29) is 12.5 Å². The topological polar surface area (TPSA) is 90.0 Å². The number of nitrogen functional groups attached to an aromatic ring is 1. The van der Waals surface area contributed by atoms with Gasteiger partial charge in [0.15, 0.2) is 0 Å². The van der Waals surface area contributed by atoms with Crippen LogP contribution in [-0.4, -0.2) is 40.6 Å². The number of aromatic nitrogens is 3. The largest absolute Gasteiger partial charge is 0.494 e. The second kappa shape index (κ2) is 8.56. The van der Waals surface area contributed by atoms with Crippen molar-refractivity contribution in [3.8, 4) is 5.75 Å². The molecule has 7 nitrogen and oxygen atoms in total. The van der Waals surface area contributed by atoms with E-state index in [1.165, 1.54) is 0 Å². The third-order valence-corrected chi connectivity index (χ3v) is 3.21. The predicted octanol–water partition coefficient (Wildman–Crippen LogP) is 1.93. The number of nitrogens with one attached hydrogen (secondary N) is 2. The summed E-state index contributed by atoms with van der Waals surface area (Å²) in [6.45, 7) is 0.195. The van der Waals surface area contributed by atoms with E-state index in [1.54, 1.807) is 36.0 Å². The lowest BCUT2D eigenvalue weighted by molar-refractivity contribution is -0.125. The Kier molecular flexibility index (Phi) is 6.45. The van der Waals surface area contributed by atoms with Gasteiger partial charge in [-0.15, -0.1) is 5.10 Å². The van der Waals surface area contributed by atoms with Gasteiger partial charge in [0.05, 0.1) is 13.2 Å². The molecule has 0 aliphatic heterocycles. The van der Waals surface area contributed by atoms with Gasteiger partial charge in [0.2, 0.25) is 11.9 Å². The van der Waals surface area contributed by atoms with Crippen molar-refractivity contribution < 1.29 is 17.9 Å². The number of aryl methyl sites for hydroxylation is 1. The predicted molar refractivity (Wildman–Crippen MR) is 88.2 cm³/mol. The van der Waals surface area contributed by atoms with Gasteiger partial charge in [0.1, 0.15) is 5.75 Å². The minimum Gasteiger partial charge on any atom is -0.494 e. The van der Waals surface area contributed by atoms with Gasteiger partial charge >= 0.3 is 6.18 Å². The Hall–Kier alpha value is -2.49. The first-order valence-electron chi connectivity index (χ1n) is 7.73. The summed E-state index contributed by atoms with van der Waals surface area (Å²) in [6.07, 6.45) is -3.50. The van der Waals surface area contributed by atoms with Gasteiger partial charge < -0.3 is 21.1 Å². The molecular formula is C15H21F3N6O. The molecule has 1 heterocycles. The minimum atomic E-state index is -4.21. The van der Waals surface area contributed by atoms with Crippen LogP contribution in [0.15, 0.2) is 24.3 Å². The first-order valence-corrected chi connectivity index (χ1v) is 7.73. The van der Waals surface area contributed by atoms with Crippen molar-refractivity contribution in [2.75, 3.05) is 30.7 Å². The summed E-state index contributed by atoms with van der Waals surface area (Å²) in [5, 5.41) is 9.36. The number of hydrogen-bond acceptors (Lipinski definition) is 6. The van der Waals surface area contributed by atoms with Crippen molar-refractivity contribution in [3.05, 3.63) is 29.8 Å². The summed E-state index contributed by atoms with van der Waals surface area (Å²) < 4.78 is 43.5. The Balaban J connectivity index is 1.68. The molecule has 4 N–H and O–H groups in total. The molecule has 0 bridgehead atoms. The van der Waals surface area contributed by atoms with Crippen molar-refractivity contribution >= 4 is 11.9 Å². The highest BCUT2D eigenvalue weighted by molar-refractivity contribution is 5.31. The zero-order valence-corrected chi connectivity index (χ0v) is 13.8. The van der Waals surface area contributed by atoms with Crippen LogP contribution in [0.3, 0.4) is 0 Å². The van der Waals surface area contributed by atoms with Crippen LogP contribution in [0.25, 0.3) is 0 Å². The maximum absolute atomic E-state index is 12.1. The molecule has 138 valence electrons. The maximum Gasteiger partial charge on any atom is 0.401 e. The molecule has 0 aliphatic carbocycles. The summed E-state index contributed by atoms with van der Waals surface area (Å²) in [5.74, 6) is 1.40. The van der Waals surface area contributed by atoms with Crippen LogP contribution < -0.4 is 21.1 Å². The highest BCUT2D eigenvalue weighted by atomic mass is 19.4. The fraction of sp³-hybridized carbons (Fsp3) is 0.467. The van der Waals surface area contributed by atoms with E-state index in [4.69, 9.17) is 10.5 Å². The third kappa shape index (κ3) is 6.87. The average molecular weight is 358 g/mol. The molecule has 0 saturated heterocycles. The Bertz CT molecular complexity index is 674. The van der Waals surface area contributed by atoms with E-state index < -0.39 is 12.7 Å². The molecule has 10 heteroatoms. The summed E-state index contributed by atoms with van der Waals surface area (Å²) in [5.41, 5.74) is 6.21. The molecule has 1 aromatic heterocycles. The first kappa shape index (κ1) is 18.8. The summed E-state index contributed by atoms with van der Waals surface area (Å²) in [4.78, 5) is 4.01. The average Bonchev–Trinajstić information content (AvgIpc) is 2.84. The van der Waals surface area contributed by atoms with Crippen LogP contribution in [0.1, 0.15) is 12.0 Å². The first-order chi connectivity index (χ1) is 11.8. The van der Waals surface area contributed by atoms with Crippen molar-refractivity contribution in [2.45, 2.75) is 19.1 Å². The molecular weight excluding hydrogens is 337 g/mol. The quantitative estimate of drug-likeness (QED) is 0.594. The smallest absolute Gasteiger partial charge is 0.401 e. The molecule has 1 aromatic carbocycles. The second-order valence-electron chi connectivity index (χ2n) is 5.41. The Morgan fingerprint density at radius 3 is 2.80 bits per heavy atom. The summed E-state index contributed by atoms with van der Waals surface area (Å²) in [7, 11) is 1.74. The minimum absolute atomic E-state index is 0.131. The molecule has 0 aliphatic rings. The van der Waals surface area contributed by atoms with Crippen LogP contribution in [0.5, 0.6) is 5.75 Å². The molecule has 0 unspecified atom stereocenters. The monoisotopic (exact) mass is 358 g/mol. The van der Waals surface area contributed by atoms with Gasteiger partial charge in [-0.2, -0.15) is 18.2 Å². The standard InChI is InChI=1S/C15H21F3N6O/c1-24-14(22-13(19)23-24)21-6-3-7-25-12-5-2-4-11(8-12)9-20-10-15(16,17)18/h2,4-5,8,20H,3,6-7,9-10H2,1H3,(H3,19,21,22,23). The van der Waals surface area contributed by atoms with Gasteiger partial charge in [-0.05, 0) is 24.1 Å². The summed E-state index contributed by atoms with van der Waals surface area (Å²) >= 11 is 0. The number of anilines is 2. The zero-order valence-electron chi connectivity index (χ0n) is 13.8. The van der Waals surface area contributed by atoms with Gasteiger partial charge in [-0.25, -0.2) is 4.68 Å². The fourth-order valence-corrected chi connectivity index (χ4v) is 2.11. The Morgan fingerprint density at radius 2 is 2.12 bits per heavy atom. The number of hydrogen-bond donors (Lipinski definition) is 3. The van der Waals surface area contributed by atoms with Crippen LogP contribution in [0.2, 0.25) is 0 Å².